The average molecular weight is 348 g/mol. The van der Waals surface area contributed by atoms with Gasteiger partial charge in [0.15, 0.2) is 12.4 Å². The highest BCUT2D eigenvalue weighted by Crippen LogP contribution is 2.22. The van der Waals surface area contributed by atoms with Crippen molar-refractivity contribution >= 4 is 12.1 Å². The third kappa shape index (κ3) is 6.17. The van der Waals surface area contributed by atoms with Crippen LogP contribution >= 0.6 is 0 Å². The van der Waals surface area contributed by atoms with Crippen LogP contribution in [-0.4, -0.2) is 30.4 Å². The summed E-state index contributed by atoms with van der Waals surface area (Å²) < 4.78 is 20.1. The van der Waals surface area contributed by atoms with Crippen molar-refractivity contribution in [3.05, 3.63) is 36.1 Å². The normalized spacial score (nSPS) is 10.3. The Labute approximate surface area is 144 Å². The van der Waals surface area contributed by atoms with Gasteiger partial charge in [0.2, 0.25) is 0 Å². The Hall–Kier alpha value is -3.03. The highest BCUT2D eigenvalue weighted by Gasteiger charge is 2.08. The fourth-order valence-electron chi connectivity index (χ4n) is 2.02. The van der Waals surface area contributed by atoms with E-state index >= 15 is 0 Å². The third-order valence-electron chi connectivity index (χ3n) is 3.17. The maximum Gasteiger partial charge on any atom is 0.404 e. The van der Waals surface area contributed by atoms with Crippen molar-refractivity contribution in [1.29, 1.82) is 0 Å². The van der Waals surface area contributed by atoms with E-state index in [0.29, 0.717) is 43.3 Å². The second kappa shape index (κ2) is 9.31. The first-order valence-electron chi connectivity index (χ1n) is 7.85. The summed E-state index contributed by atoms with van der Waals surface area (Å²) in [6.07, 6.45) is 0.0519. The molecule has 0 aliphatic rings. The van der Waals surface area contributed by atoms with E-state index < -0.39 is 6.09 Å². The topological polar surface area (TPSA) is 114 Å². The van der Waals surface area contributed by atoms with E-state index in [4.69, 9.17) is 19.7 Å². The van der Waals surface area contributed by atoms with E-state index in [2.05, 4.69) is 9.89 Å². The number of amides is 1. The maximum absolute atomic E-state index is 11.2. The lowest BCUT2D eigenvalue weighted by molar-refractivity contribution is -0.143. The average Bonchev–Trinajstić information content (AvgIpc) is 3.07. The summed E-state index contributed by atoms with van der Waals surface area (Å²) in [6.45, 7) is 2.53. The van der Waals surface area contributed by atoms with E-state index in [1.807, 2.05) is 12.1 Å². The number of benzene rings is 1. The number of primary amides is 1. The van der Waals surface area contributed by atoms with Gasteiger partial charge in [-0.05, 0) is 37.6 Å². The number of hydrogen-bond donors (Lipinski definition) is 1. The monoisotopic (exact) mass is 348 g/mol. The summed E-state index contributed by atoms with van der Waals surface area (Å²) in [5.41, 5.74) is 6.33. The summed E-state index contributed by atoms with van der Waals surface area (Å²) >= 11 is 0. The summed E-state index contributed by atoms with van der Waals surface area (Å²) in [7, 11) is 0. The van der Waals surface area contributed by atoms with Gasteiger partial charge in [-0.1, -0.05) is 5.16 Å². The van der Waals surface area contributed by atoms with Crippen molar-refractivity contribution in [1.82, 2.24) is 5.16 Å². The zero-order valence-electron chi connectivity index (χ0n) is 13.9. The highest BCUT2D eigenvalue weighted by molar-refractivity contribution is 5.69. The molecule has 0 unspecified atom stereocenters. The number of carbonyl (C=O) groups excluding carboxylic acids is 2. The molecule has 2 rings (SSSR count). The second-order valence-electron chi connectivity index (χ2n) is 5.07. The standard InChI is InChI=1S/C17H20N2O6/c1-2-22-16(20)4-3-9-23-13-7-5-12(6-8-13)15-10-14(25-19-15)11-24-17(18)21/h5-8,10H,2-4,9,11H2,1H3,(H2,18,21). The molecule has 0 saturated heterocycles. The molecule has 134 valence electrons. The first-order chi connectivity index (χ1) is 12.1. The van der Waals surface area contributed by atoms with Crippen molar-refractivity contribution in [2.45, 2.75) is 26.4 Å². The molecular weight excluding hydrogens is 328 g/mol. The molecule has 1 aromatic heterocycles. The first-order valence-corrected chi connectivity index (χ1v) is 7.85. The molecular formula is C17H20N2O6. The Balaban J connectivity index is 1.81. The van der Waals surface area contributed by atoms with E-state index in [-0.39, 0.29) is 12.6 Å². The zero-order chi connectivity index (χ0) is 18.1. The minimum absolute atomic E-state index is 0.0655. The van der Waals surface area contributed by atoms with Crippen molar-refractivity contribution in [2.24, 2.45) is 5.73 Å². The van der Waals surface area contributed by atoms with Gasteiger partial charge in [-0.25, -0.2) is 4.79 Å². The Bertz CT molecular complexity index is 695. The molecule has 0 bridgehead atoms. The summed E-state index contributed by atoms with van der Waals surface area (Å²) in [6, 6.07) is 8.93. The fraction of sp³-hybridized carbons (Fsp3) is 0.353. The van der Waals surface area contributed by atoms with Crippen LogP contribution in [0, 0.1) is 0 Å². The molecule has 1 aromatic carbocycles. The number of nitrogens with zero attached hydrogens (tertiary/aromatic N) is 1. The quantitative estimate of drug-likeness (QED) is 0.547. The molecule has 0 aliphatic carbocycles. The molecule has 8 nitrogen and oxygen atoms in total. The number of nitrogens with two attached hydrogens (primary N) is 1. The van der Waals surface area contributed by atoms with Gasteiger partial charge in [0.1, 0.15) is 11.4 Å². The van der Waals surface area contributed by atoms with Gasteiger partial charge in [0, 0.05) is 18.1 Å². The molecule has 2 aromatic rings. The van der Waals surface area contributed by atoms with Gasteiger partial charge >= 0.3 is 12.1 Å². The van der Waals surface area contributed by atoms with Crippen molar-refractivity contribution in [2.75, 3.05) is 13.2 Å². The van der Waals surface area contributed by atoms with Gasteiger partial charge in [-0.3, -0.25) is 4.79 Å². The number of carbonyl (C=O) groups is 2. The molecule has 1 amide bonds. The van der Waals surface area contributed by atoms with Gasteiger partial charge in [0.25, 0.3) is 0 Å². The van der Waals surface area contributed by atoms with E-state index in [1.165, 1.54) is 0 Å². The third-order valence-corrected chi connectivity index (χ3v) is 3.17. The van der Waals surface area contributed by atoms with Crippen LogP contribution in [0.4, 0.5) is 4.79 Å². The minimum Gasteiger partial charge on any atom is -0.494 e. The summed E-state index contributed by atoms with van der Waals surface area (Å²) in [5, 5.41) is 3.91. The molecule has 2 N–H and O–H groups in total. The van der Waals surface area contributed by atoms with E-state index in [0.717, 1.165) is 5.56 Å². The molecule has 0 aliphatic heterocycles. The van der Waals surface area contributed by atoms with Crippen LogP contribution < -0.4 is 10.5 Å². The Morgan fingerprint density at radius 2 is 1.96 bits per heavy atom. The molecule has 0 radical (unpaired) electrons. The van der Waals surface area contributed by atoms with Crippen molar-refractivity contribution in [3.8, 4) is 17.0 Å². The molecule has 0 saturated carbocycles. The van der Waals surface area contributed by atoms with Gasteiger partial charge < -0.3 is 24.5 Å². The van der Waals surface area contributed by atoms with Crippen LogP contribution in [0.3, 0.4) is 0 Å². The Kier molecular flexibility index (Phi) is 6.82. The predicted octanol–water partition coefficient (Wildman–Crippen LogP) is 2.66. The Morgan fingerprint density at radius 3 is 2.64 bits per heavy atom. The zero-order valence-corrected chi connectivity index (χ0v) is 13.9. The van der Waals surface area contributed by atoms with E-state index in [1.54, 1.807) is 25.1 Å². The summed E-state index contributed by atoms with van der Waals surface area (Å²) in [5.74, 6) is 0.866. The lowest BCUT2D eigenvalue weighted by Gasteiger charge is -2.06. The molecule has 0 spiro atoms. The number of ether oxygens (including phenoxy) is 3. The smallest absolute Gasteiger partial charge is 0.404 e. The van der Waals surface area contributed by atoms with Crippen molar-refractivity contribution in [3.63, 3.8) is 0 Å². The molecule has 0 atom stereocenters. The number of esters is 1. The summed E-state index contributed by atoms with van der Waals surface area (Å²) in [4.78, 5) is 21.8. The minimum atomic E-state index is -0.873. The molecule has 8 heteroatoms. The van der Waals surface area contributed by atoms with Gasteiger partial charge in [0.05, 0.1) is 13.2 Å². The van der Waals surface area contributed by atoms with Crippen LogP contribution in [-0.2, 0) is 20.9 Å². The molecule has 0 fully saturated rings. The number of rotatable bonds is 9. The van der Waals surface area contributed by atoms with E-state index in [9.17, 15) is 9.59 Å². The van der Waals surface area contributed by atoms with Crippen LogP contribution in [0.2, 0.25) is 0 Å². The van der Waals surface area contributed by atoms with Crippen LogP contribution in [0.25, 0.3) is 11.3 Å². The number of aromatic nitrogens is 1. The maximum atomic E-state index is 11.2. The van der Waals surface area contributed by atoms with Gasteiger partial charge in [-0.15, -0.1) is 0 Å². The highest BCUT2D eigenvalue weighted by atomic mass is 16.6. The van der Waals surface area contributed by atoms with Gasteiger partial charge in [-0.2, -0.15) is 0 Å². The first kappa shape index (κ1) is 18.3. The van der Waals surface area contributed by atoms with Crippen LogP contribution in [0.1, 0.15) is 25.5 Å². The second-order valence-corrected chi connectivity index (χ2v) is 5.07. The number of hydrogen-bond acceptors (Lipinski definition) is 7. The lowest BCUT2D eigenvalue weighted by atomic mass is 10.1. The largest absolute Gasteiger partial charge is 0.494 e. The molecule has 25 heavy (non-hydrogen) atoms. The SMILES string of the molecule is CCOC(=O)CCCOc1ccc(-c2cc(COC(N)=O)on2)cc1. The lowest BCUT2D eigenvalue weighted by Crippen LogP contribution is -2.12. The van der Waals surface area contributed by atoms with Crippen molar-refractivity contribution < 1.29 is 28.3 Å². The molecule has 1 heterocycles. The van der Waals surface area contributed by atoms with Crippen LogP contribution in [0.15, 0.2) is 34.9 Å². The van der Waals surface area contributed by atoms with Crippen LogP contribution in [0.5, 0.6) is 5.75 Å². The fourth-order valence-corrected chi connectivity index (χ4v) is 2.02. The predicted molar refractivity (Wildman–Crippen MR) is 87.7 cm³/mol. The Morgan fingerprint density at radius 1 is 1.20 bits per heavy atom.